The van der Waals surface area contributed by atoms with Crippen LogP contribution < -0.4 is 10.9 Å². The van der Waals surface area contributed by atoms with E-state index in [0.717, 1.165) is 21.0 Å². The van der Waals surface area contributed by atoms with Gasteiger partial charge in [0.1, 0.15) is 12.6 Å². The van der Waals surface area contributed by atoms with Gasteiger partial charge in [0.25, 0.3) is 5.56 Å². The SMILES string of the molecule is N#Cc1ccccc1NC(=O)Cn1nc(-c2ccc3ccccc3c2)ccc1=O. The topological polar surface area (TPSA) is 87.8 Å². The van der Waals surface area contributed by atoms with Crippen molar-refractivity contribution in [1.29, 1.82) is 5.26 Å². The first-order valence-electron chi connectivity index (χ1n) is 9.00. The summed E-state index contributed by atoms with van der Waals surface area (Å²) in [5, 5.41) is 18.3. The van der Waals surface area contributed by atoms with Gasteiger partial charge in [0, 0.05) is 11.6 Å². The van der Waals surface area contributed by atoms with E-state index in [-0.39, 0.29) is 12.1 Å². The maximum absolute atomic E-state index is 12.4. The predicted octanol–water partition coefficient (Wildman–Crippen LogP) is 3.57. The number of anilines is 1. The quantitative estimate of drug-likeness (QED) is 0.586. The van der Waals surface area contributed by atoms with Crippen LogP contribution in [-0.4, -0.2) is 15.7 Å². The standard InChI is InChI=1S/C23H16N4O2/c24-14-19-7-3-4-8-20(19)25-22(28)15-27-23(29)12-11-21(26-27)18-10-9-16-5-1-2-6-17(16)13-18/h1-13H,15H2,(H,25,28). The van der Waals surface area contributed by atoms with Crippen molar-refractivity contribution in [3.63, 3.8) is 0 Å². The van der Waals surface area contributed by atoms with E-state index >= 15 is 0 Å². The number of rotatable bonds is 4. The van der Waals surface area contributed by atoms with Gasteiger partial charge in [-0.3, -0.25) is 9.59 Å². The van der Waals surface area contributed by atoms with Crippen LogP contribution in [0.2, 0.25) is 0 Å². The summed E-state index contributed by atoms with van der Waals surface area (Å²) in [7, 11) is 0. The van der Waals surface area contributed by atoms with Crippen molar-refractivity contribution >= 4 is 22.4 Å². The van der Waals surface area contributed by atoms with Gasteiger partial charge in [-0.15, -0.1) is 0 Å². The minimum absolute atomic E-state index is 0.250. The monoisotopic (exact) mass is 380 g/mol. The maximum Gasteiger partial charge on any atom is 0.267 e. The average Bonchev–Trinajstić information content (AvgIpc) is 2.75. The van der Waals surface area contributed by atoms with Gasteiger partial charge in [0.15, 0.2) is 0 Å². The summed E-state index contributed by atoms with van der Waals surface area (Å²) in [6.45, 7) is -0.250. The van der Waals surface area contributed by atoms with Crippen molar-refractivity contribution in [2.24, 2.45) is 0 Å². The Hall–Kier alpha value is -4.24. The van der Waals surface area contributed by atoms with Gasteiger partial charge in [0.2, 0.25) is 5.91 Å². The van der Waals surface area contributed by atoms with Crippen molar-refractivity contribution < 1.29 is 4.79 Å². The van der Waals surface area contributed by atoms with Crippen LogP contribution in [0.4, 0.5) is 5.69 Å². The summed E-state index contributed by atoms with van der Waals surface area (Å²) in [6, 6.07) is 25.6. The molecule has 0 aliphatic heterocycles. The largest absolute Gasteiger partial charge is 0.323 e. The van der Waals surface area contributed by atoms with Crippen LogP contribution in [0, 0.1) is 11.3 Å². The fraction of sp³-hybridized carbons (Fsp3) is 0.0435. The number of nitriles is 1. The van der Waals surface area contributed by atoms with Crippen LogP contribution in [-0.2, 0) is 11.3 Å². The summed E-state index contributed by atoms with van der Waals surface area (Å²) in [6.07, 6.45) is 0. The molecule has 0 atom stereocenters. The minimum Gasteiger partial charge on any atom is -0.323 e. The molecule has 3 aromatic carbocycles. The highest BCUT2D eigenvalue weighted by atomic mass is 16.2. The van der Waals surface area contributed by atoms with Crippen molar-refractivity contribution in [3.8, 4) is 17.3 Å². The lowest BCUT2D eigenvalue weighted by atomic mass is 10.1. The second kappa shape index (κ2) is 7.79. The number of carbonyl (C=O) groups excluding carboxylic acids is 1. The third-order valence-electron chi connectivity index (χ3n) is 4.53. The Labute approximate surface area is 166 Å². The Morgan fingerprint density at radius 2 is 1.72 bits per heavy atom. The number of hydrogen-bond acceptors (Lipinski definition) is 4. The van der Waals surface area contributed by atoms with Gasteiger partial charge in [-0.05, 0) is 35.0 Å². The Morgan fingerprint density at radius 1 is 0.966 bits per heavy atom. The van der Waals surface area contributed by atoms with Gasteiger partial charge in [0.05, 0.1) is 16.9 Å². The second-order valence-corrected chi connectivity index (χ2v) is 6.48. The predicted molar refractivity (Wildman–Crippen MR) is 111 cm³/mol. The molecule has 4 rings (SSSR count). The van der Waals surface area contributed by atoms with Crippen molar-refractivity contribution in [1.82, 2.24) is 9.78 Å². The molecule has 0 spiro atoms. The molecule has 29 heavy (non-hydrogen) atoms. The molecular formula is C23H16N4O2. The van der Waals surface area contributed by atoms with Crippen molar-refractivity contribution in [2.45, 2.75) is 6.54 Å². The fourth-order valence-electron chi connectivity index (χ4n) is 3.08. The van der Waals surface area contributed by atoms with E-state index in [1.807, 2.05) is 48.5 Å². The smallest absolute Gasteiger partial charge is 0.267 e. The van der Waals surface area contributed by atoms with Gasteiger partial charge < -0.3 is 5.32 Å². The zero-order valence-corrected chi connectivity index (χ0v) is 15.4. The molecule has 0 saturated heterocycles. The van der Waals surface area contributed by atoms with Crippen LogP contribution in [0.25, 0.3) is 22.0 Å². The summed E-state index contributed by atoms with van der Waals surface area (Å²) < 4.78 is 1.12. The van der Waals surface area contributed by atoms with Gasteiger partial charge in [-0.25, -0.2) is 4.68 Å². The second-order valence-electron chi connectivity index (χ2n) is 6.48. The number of amides is 1. The minimum atomic E-state index is -0.432. The van der Waals surface area contributed by atoms with E-state index in [9.17, 15) is 9.59 Å². The third-order valence-corrected chi connectivity index (χ3v) is 4.53. The van der Waals surface area contributed by atoms with Crippen LogP contribution in [0.1, 0.15) is 5.56 Å². The summed E-state index contributed by atoms with van der Waals surface area (Å²) in [5.41, 5.74) is 1.83. The molecule has 0 fully saturated rings. The molecule has 6 heteroatoms. The van der Waals surface area contributed by atoms with Crippen LogP contribution in [0.3, 0.4) is 0 Å². The molecule has 140 valence electrons. The van der Waals surface area contributed by atoms with E-state index in [1.165, 1.54) is 6.07 Å². The van der Waals surface area contributed by atoms with E-state index in [0.29, 0.717) is 16.9 Å². The number of aromatic nitrogens is 2. The molecule has 1 amide bonds. The molecule has 0 bridgehead atoms. The number of carbonyl (C=O) groups is 1. The lowest BCUT2D eigenvalue weighted by Crippen LogP contribution is -2.29. The number of para-hydroxylation sites is 1. The number of hydrogen-bond donors (Lipinski definition) is 1. The molecule has 1 N–H and O–H groups in total. The Kier molecular flexibility index (Phi) is 4.87. The summed E-state index contributed by atoms with van der Waals surface area (Å²) in [4.78, 5) is 24.6. The van der Waals surface area contributed by atoms with E-state index < -0.39 is 5.91 Å². The molecule has 4 aromatic rings. The van der Waals surface area contributed by atoms with Crippen LogP contribution in [0.15, 0.2) is 83.7 Å². The van der Waals surface area contributed by atoms with Crippen molar-refractivity contribution in [2.75, 3.05) is 5.32 Å². The Balaban J connectivity index is 1.60. The summed E-state index contributed by atoms with van der Waals surface area (Å²) >= 11 is 0. The summed E-state index contributed by atoms with van der Waals surface area (Å²) in [5.74, 6) is -0.432. The first-order valence-corrected chi connectivity index (χ1v) is 9.00. The molecule has 0 aliphatic carbocycles. The highest BCUT2D eigenvalue weighted by Gasteiger charge is 2.10. The first kappa shape index (κ1) is 18.1. The maximum atomic E-state index is 12.4. The molecule has 0 unspecified atom stereocenters. The number of benzene rings is 3. The van der Waals surface area contributed by atoms with Crippen LogP contribution in [0.5, 0.6) is 0 Å². The highest BCUT2D eigenvalue weighted by Crippen LogP contribution is 2.22. The number of fused-ring (bicyclic) bond motifs is 1. The Morgan fingerprint density at radius 3 is 2.55 bits per heavy atom. The van der Waals surface area contributed by atoms with E-state index in [1.54, 1.807) is 30.3 Å². The highest BCUT2D eigenvalue weighted by molar-refractivity contribution is 5.92. The molecule has 1 aromatic heterocycles. The van der Waals surface area contributed by atoms with Gasteiger partial charge >= 0.3 is 0 Å². The lowest BCUT2D eigenvalue weighted by molar-refractivity contribution is -0.117. The van der Waals surface area contributed by atoms with Gasteiger partial charge in [-0.1, -0.05) is 48.5 Å². The Bertz CT molecular complexity index is 1320. The number of nitrogens with zero attached hydrogens (tertiary/aromatic N) is 3. The molecule has 0 radical (unpaired) electrons. The fourth-order valence-corrected chi connectivity index (χ4v) is 3.08. The average molecular weight is 380 g/mol. The first-order chi connectivity index (χ1) is 14.1. The van der Waals surface area contributed by atoms with Crippen LogP contribution >= 0.6 is 0 Å². The van der Waals surface area contributed by atoms with Gasteiger partial charge in [-0.2, -0.15) is 10.4 Å². The van der Waals surface area contributed by atoms with E-state index in [2.05, 4.69) is 10.4 Å². The number of nitrogens with one attached hydrogen (secondary N) is 1. The molecule has 6 nitrogen and oxygen atoms in total. The third kappa shape index (κ3) is 3.89. The molecule has 0 saturated carbocycles. The zero-order chi connectivity index (χ0) is 20.2. The lowest BCUT2D eigenvalue weighted by Gasteiger charge is -2.09. The zero-order valence-electron chi connectivity index (χ0n) is 15.4. The molecule has 0 aliphatic rings. The molecule has 1 heterocycles. The van der Waals surface area contributed by atoms with Crippen molar-refractivity contribution in [3.05, 3.63) is 94.8 Å². The van der Waals surface area contributed by atoms with E-state index in [4.69, 9.17) is 5.26 Å². The normalized spacial score (nSPS) is 10.4. The molecular weight excluding hydrogens is 364 g/mol.